The van der Waals surface area contributed by atoms with Gasteiger partial charge in [-0.1, -0.05) is 11.6 Å². The van der Waals surface area contributed by atoms with Gasteiger partial charge in [0.15, 0.2) is 0 Å². The molecule has 0 bridgehead atoms. The van der Waals surface area contributed by atoms with Crippen molar-refractivity contribution >= 4 is 27.7 Å². The highest BCUT2D eigenvalue weighted by Crippen LogP contribution is 2.09. The molecular weight excluding hydrogens is 212 g/mol. The molecule has 0 aromatic carbocycles. The molecule has 70 valence electrons. The van der Waals surface area contributed by atoms with E-state index in [1.54, 1.807) is 0 Å². The average Bonchev–Trinajstić information content (AvgIpc) is 2.04. The highest BCUT2D eigenvalue weighted by Gasteiger charge is 2.07. The minimum Gasteiger partial charge on any atom is -0.263 e. The predicted molar refractivity (Wildman–Crippen MR) is 50.5 cm³/mol. The lowest BCUT2D eigenvalue weighted by Crippen LogP contribution is -2.12. The summed E-state index contributed by atoms with van der Waals surface area (Å²) in [4.78, 5) is 3.67. The number of nitrogens with zero attached hydrogens (tertiary/aromatic N) is 1. The van der Waals surface area contributed by atoms with Crippen molar-refractivity contribution in [1.82, 2.24) is 4.98 Å². The summed E-state index contributed by atoms with van der Waals surface area (Å²) in [6.45, 7) is 0. The summed E-state index contributed by atoms with van der Waals surface area (Å²) in [6.07, 6.45) is 4.18. The van der Waals surface area contributed by atoms with Crippen LogP contribution in [0, 0.1) is 0 Å². The highest BCUT2D eigenvalue weighted by atomic mass is 35.5. The third kappa shape index (κ3) is 2.80. The Labute approximate surface area is 81.1 Å². The van der Waals surface area contributed by atoms with E-state index in [0.29, 0.717) is 5.56 Å². The summed E-state index contributed by atoms with van der Waals surface area (Å²) >= 11 is 5.31. The fourth-order valence-electron chi connectivity index (χ4n) is 0.755. The van der Waals surface area contributed by atoms with Crippen LogP contribution in [0.5, 0.6) is 0 Å². The maximum Gasteiger partial charge on any atom is 0.239 e. The molecule has 4 nitrogen and oxygen atoms in total. The second-order valence-corrected chi connectivity index (χ2v) is 4.11. The molecule has 0 aliphatic heterocycles. The van der Waals surface area contributed by atoms with Crippen molar-refractivity contribution in [3.05, 3.63) is 29.6 Å². The van der Waals surface area contributed by atoms with E-state index in [-0.39, 0.29) is 4.90 Å². The Morgan fingerprint density at radius 1 is 1.46 bits per heavy atom. The van der Waals surface area contributed by atoms with Crippen molar-refractivity contribution in [2.45, 2.75) is 4.90 Å². The first kappa shape index (κ1) is 10.2. The molecule has 0 atom stereocenters. The molecule has 1 rings (SSSR count). The molecule has 2 N–H and O–H groups in total. The van der Waals surface area contributed by atoms with Crippen LogP contribution in [0.25, 0.3) is 6.08 Å². The normalized spacial score (nSPS) is 12.2. The smallest absolute Gasteiger partial charge is 0.239 e. The Morgan fingerprint density at radius 3 is 2.69 bits per heavy atom. The van der Waals surface area contributed by atoms with Crippen LogP contribution < -0.4 is 5.14 Å². The van der Waals surface area contributed by atoms with E-state index in [4.69, 9.17) is 16.7 Å². The van der Waals surface area contributed by atoms with E-state index in [1.165, 1.54) is 30.1 Å². The molecule has 0 amide bonds. The molecule has 0 radical (unpaired) electrons. The molecule has 0 aliphatic rings. The lowest BCUT2D eigenvalue weighted by atomic mass is 10.3. The van der Waals surface area contributed by atoms with Crippen LogP contribution in [0.2, 0.25) is 0 Å². The lowest BCUT2D eigenvalue weighted by Gasteiger charge is -1.97. The molecule has 1 aromatic rings. The van der Waals surface area contributed by atoms with E-state index < -0.39 is 10.0 Å². The predicted octanol–water partition coefficient (Wildman–Crippen LogP) is 0.939. The van der Waals surface area contributed by atoms with E-state index in [2.05, 4.69) is 4.98 Å². The van der Waals surface area contributed by atoms with Crippen LogP contribution in [-0.2, 0) is 10.0 Å². The quantitative estimate of drug-likeness (QED) is 0.803. The first-order valence-corrected chi connectivity index (χ1v) is 5.27. The number of rotatable bonds is 2. The summed E-state index contributed by atoms with van der Waals surface area (Å²) in [5, 5.41) is 4.90. The molecule has 0 aliphatic carbocycles. The number of sulfonamides is 1. The molecule has 6 heteroatoms. The van der Waals surface area contributed by atoms with Gasteiger partial charge in [0.1, 0.15) is 4.90 Å². The van der Waals surface area contributed by atoms with Crippen LogP contribution in [0.1, 0.15) is 5.56 Å². The van der Waals surface area contributed by atoms with Crippen LogP contribution in [0.15, 0.2) is 28.9 Å². The average molecular weight is 219 g/mol. The minimum atomic E-state index is -3.68. The second-order valence-electron chi connectivity index (χ2n) is 2.29. The molecule has 1 heterocycles. The van der Waals surface area contributed by atoms with Gasteiger partial charge in [-0.25, -0.2) is 13.6 Å². The van der Waals surface area contributed by atoms with Gasteiger partial charge in [0.25, 0.3) is 0 Å². The fraction of sp³-hybridized carbons (Fsp3) is 0. The topological polar surface area (TPSA) is 73.1 Å². The third-order valence-electron chi connectivity index (χ3n) is 1.32. The van der Waals surface area contributed by atoms with Gasteiger partial charge in [-0.05, 0) is 17.7 Å². The number of aromatic nitrogens is 1. The number of primary sulfonamides is 1. The van der Waals surface area contributed by atoms with Crippen LogP contribution in [-0.4, -0.2) is 13.4 Å². The van der Waals surface area contributed by atoms with Gasteiger partial charge in [-0.2, -0.15) is 0 Å². The number of nitrogens with two attached hydrogens (primary N) is 1. The van der Waals surface area contributed by atoms with Gasteiger partial charge in [-0.15, -0.1) is 0 Å². The highest BCUT2D eigenvalue weighted by molar-refractivity contribution is 7.89. The largest absolute Gasteiger partial charge is 0.263 e. The van der Waals surface area contributed by atoms with E-state index in [9.17, 15) is 8.42 Å². The molecule has 0 saturated heterocycles. The van der Waals surface area contributed by atoms with Crippen LogP contribution >= 0.6 is 11.6 Å². The summed E-state index contributed by atoms with van der Waals surface area (Å²) in [6, 6.07) is 1.39. The first-order valence-electron chi connectivity index (χ1n) is 3.28. The maximum absolute atomic E-state index is 10.9. The Balaban J connectivity index is 3.21. The van der Waals surface area contributed by atoms with Gasteiger partial charge in [0.05, 0.1) is 0 Å². The Kier molecular flexibility index (Phi) is 3.02. The molecule has 0 spiro atoms. The molecule has 1 aromatic heterocycles. The Morgan fingerprint density at radius 2 is 2.15 bits per heavy atom. The number of hydrogen-bond donors (Lipinski definition) is 1. The Hall–Kier alpha value is -0.910. The Bertz CT molecular complexity index is 428. The van der Waals surface area contributed by atoms with Crippen LogP contribution in [0.4, 0.5) is 0 Å². The van der Waals surface area contributed by atoms with Crippen molar-refractivity contribution in [2.75, 3.05) is 0 Å². The van der Waals surface area contributed by atoms with Gasteiger partial charge in [0.2, 0.25) is 10.0 Å². The summed E-state index contributed by atoms with van der Waals surface area (Å²) in [5.41, 5.74) is 1.85. The van der Waals surface area contributed by atoms with E-state index >= 15 is 0 Å². The summed E-state index contributed by atoms with van der Waals surface area (Å²) in [5.74, 6) is 0. The van der Waals surface area contributed by atoms with Crippen molar-refractivity contribution in [2.24, 2.45) is 5.14 Å². The summed E-state index contributed by atoms with van der Waals surface area (Å²) < 4.78 is 21.7. The molecule has 0 fully saturated rings. The molecular formula is C7H7ClN2O2S. The molecule has 0 saturated carbocycles. The van der Waals surface area contributed by atoms with Gasteiger partial charge in [0, 0.05) is 17.9 Å². The van der Waals surface area contributed by atoms with E-state index in [0.717, 1.165) is 0 Å². The van der Waals surface area contributed by atoms with Gasteiger partial charge < -0.3 is 0 Å². The molecule has 0 unspecified atom stereocenters. The maximum atomic E-state index is 10.9. The van der Waals surface area contributed by atoms with Gasteiger partial charge in [-0.3, -0.25) is 4.98 Å². The zero-order valence-corrected chi connectivity index (χ0v) is 8.09. The van der Waals surface area contributed by atoms with Gasteiger partial charge >= 0.3 is 0 Å². The third-order valence-corrected chi connectivity index (χ3v) is 2.32. The zero-order valence-electron chi connectivity index (χ0n) is 6.51. The fourth-order valence-corrected chi connectivity index (χ4v) is 1.41. The lowest BCUT2D eigenvalue weighted by molar-refractivity contribution is 0.597. The molecule has 13 heavy (non-hydrogen) atoms. The number of hydrogen-bond acceptors (Lipinski definition) is 3. The standard InChI is InChI=1S/C7H7ClN2O2S/c8-2-1-6-3-7(5-10-4-6)13(9,11)12/h1-5H,(H2,9,11,12)/b2-1+. The van der Waals surface area contributed by atoms with E-state index in [1.807, 2.05) is 0 Å². The SMILES string of the molecule is NS(=O)(=O)c1cncc(/C=C/Cl)c1. The number of halogens is 1. The van der Waals surface area contributed by atoms with Crippen molar-refractivity contribution in [1.29, 1.82) is 0 Å². The number of pyridine rings is 1. The second kappa shape index (κ2) is 3.87. The van der Waals surface area contributed by atoms with Crippen molar-refractivity contribution in [3.63, 3.8) is 0 Å². The van der Waals surface area contributed by atoms with Crippen molar-refractivity contribution in [3.8, 4) is 0 Å². The monoisotopic (exact) mass is 218 g/mol. The minimum absolute atomic E-state index is 0.0280. The summed E-state index contributed by atoms with van der Waals surface area (Å²) in [7, 11) is -3.68. The zero-order chi connectivity index (χ0) is 9.90. The van der Waals surface area contributed by atoms with Crippen LogP contribution in [0.3, 0.4) is 0 Å². The first-order chi connectivity index (χ1) is 6.04. The van der Waals surface area contributed by atoms with Crippen molar-refractivity contribution < 1.29 is 8.42 Å².